The summed E-state index contributed by atoms with van der Waals surface area (Å²) in [6.45, 7) is 6.84. The van der Waals surface area contributed by atoms with Gasteiger partial charge in [0.25, 0.3) is 5.54 Å². The number of hydrogen-bond donors (Lipinski definition) is 1. The maximum atomic E-state index is 12.3. The Kier molecular flexibility index (Phi) is 5.50. The van der Waals surface area contributed by atoms with Gasteiger partial charge >= 0.3 is 11.9 Å². The van der Waals surface area contributed by atoms with Crippen LogP contribution < -0.4 is 5.73 Å². The van der Waals surface area contributed by atoms with Crippen molar-refractivity contribution < 1.29 is 19.1 Å². The Balaban J connectivity index is 3.20. The van der Waals surface area contributed by atoms with Crippen LogP contribution in [0.5, 0.6) is 0 Å². The number of rotatable bonds is 4. The first kappa shape index (κ1) is 17.3. The fraction of sp³-hybridized carbons (Fsp3) is 0.583. The number of aromatic nitrogens is 1. The van der Waals surface area contributed by atoms with Gasteiger partial charge < -0.3 is 15.2 Å². The molecule has 8 heteroatoms. The van der Waals surface area contributed by atoms with Gasteiger partial charge in [-0.3, -0.25) is 0 Å². The first-order valence-corrected chi connectivity index (χ1v) is 7.82. The van der Waals surface area contributed by atoms with E-state index in [4.69, 9.17) is 15.2 Å². The molecule has 1 aromatic rings. The Morgan fingerprint density at radius 2 is 2.00 bits per heavy atom. The monoisotopic (exact) mass is 412 g/mol. The molecule has 1 unspecified atom stereocenters. The zero-order chi connectivity index (χ0) is 15.6. The minimum atomic E-state index is -2.03. The molecule has 0 aromatic carbocycles. The standard InChI is InChI=1S/C12H17IN2O4S/c1-5-18-9(16)12(14,8-15-6-7(13)20-8)10(17)19-11(2,3)4/h6H,5,14H2,1-4H3. The third-order valence-electron chi connectivity index (χ3n) is 2.13. The average molecular weight is 412 g/mol. The van der Waals surface area contributed by atoms with E-state index in [0.29, 0.717) is 0 Å². The summed E-state index contributed by atoms with van der Waals surface area (Å²) in [5.74, 6) is -1.73. The number of carbonyl (C=O) groups is 2. The van der Waals surface area contributed by atoms with Crippen LogP contribution in [0.1, 0.15) is 32.7 Å². The number of ether oxygens (including phenoxy) is 2. The van der Waals surface area contributed by atoms with Crippen molar-refractivity contribution >= 4 is 45.9 Å². The molecule has 0 radical (unpaired) electrons. The first-order valence-electron chi connectivity index (χ1n) is 5.92. The third kappa shape index (κ3) is 3.89. The van der Waals surface area contributed by atoms with Crippen LogP contribution in [0.2, 0.25) is 0 Å². The lowest BCUT2D eigenvalue weighted by atomic mass is 10.0. The fourth-order valence-corrected chi connectivity index (χ4v) is 2.79. The summed E-state index contributed by atoms with van der Waals surface area (Å²) in [6.07, 6.45) is 1.53. The topological polar surface area (TPSA) is 91.5 Å². The molecule has 1 heterocycles. The Morgan fingerprint density at radius 1 is 1.40 bits per heavy atom. The maximum absolute atomic E-state index is 12.3. The summed E-state index contributed by atoms with van der Waals surface area (Å²) < 4.78 is 10.9. The van der Waals surface area contributed by atoms with Crippen LogP contribution in [-0.4, -0.2) is 29.1 Å². The minimum Gasteiger partial charge on any atom is -0.464 e. The predicted octanol–water partition coefficient (Wildman–Crippen LogP) is 1.81. The molecule has 20 heavy (non-hydrogen) atoms. The van der Waals surface area contributed by atoms with Gasteiger partial charge in [-0.25, -0.2) is 14.6 Å². The largest absolute Gasteiger partial charge is 0.464 e. The van der Waals surface area contributed by atoms with Gasteiger partial charge in [0.2, 0.25) is 0 Å². The molecule has 1 aromatic heterocycles. The summed E-state index contributed by atoms with van der Waals surface area (Å²) in [5, 5.41) is 0.162. The van der Waals surface area contributed by atoms with Crippen molar-refractivity contribution in [1.82, 2.24) is 4.98 Å². The molecule has 0 fully saturated rings. The lowest BCUT2D eigenvalue weighted by Gasteiger charge is -2.27. The molecule has 2 N–H and O–H groups in total. The Morgan fingerprint density at radius 3 is 2.40 bits per heavy atom. The van der Waals surface area contributed by atoms with Gasteiger partial charge in [-0.1, -0.05) is 0 Å². The lowest BCUT2D eigenvalue weighted by molar-refractivity contribution is -0.172. The normalized spacial score (nSPS) is 14.5. The first-order chi connectivity index (χ1) is 9.11. The van der Waals surface area contributed by atoms with Crippen LogP contribution >= 0.6 is 33.9 Å². The van der Waals surface area contributed by atoms with Crippen LogP contribution in [0.25, 0.3) is 0 Å². The van der Waals surface area contributed by atoms with E-state index >= 15 is 0 Å². The number of nitrogens with two attached hydrogens (primary N) is 1. The van der Waals surface area contributed by atoms with E-state index in [0.717, 1.165) is 14.2 Å². The van der Waals surface area contributed by atoms with Crippen molar-refractivity contribution in [3.05, 3.63) is 14.1 Å². The van der Waals surface area contributed by atoms with Crippen molar-refractivity contribution in [2.75, 3.05) is 6.61 Å². The molecular formula is C12H17IN2O4S. The van der Waals surface area contributed by atoms with Crippen LogP contribution in [0.4, 0.5) is 0 Å². The highest BCUT2D eigenvalue weighted by atomic mass is 127. The molecule has 6 nitrogen and oxygen atoms in total. The highest BCUT2D eigenvalue weighted by Crippen LogP contribution is 2.29. The van der Waals surface area contributed by atoms with Crippen molar-refractivity contribution in [3.63, 3.8) is 0 Å². The highest BCUT2D eigenvalue weighted by molar-refractivity contribution is 14.1. The second-order valence-corrected chi connectivity index (χ2v) is 7.92. The zero-order valence-electron chi connectivity index (χ0n) is 11.7. The highest BCUT2D eigenvalue weighted by Gasteiger charge is 2.51. The molecular weight excluding hydrogens is 395 g/mol. The molecule has 1 atom stereocenters. The molecule has 0 saturated heterocycles. The third-order valence-corrected chi connectivity index (χ3v) is 3.99. The fourth-order valence-electron chi connectivity index (χ4n) is 1.30. The number of carbonyl (C=O) groups excluding carboxylic acids is 2. The second-order valence-electron chi connectivity index (χ2n) is 5.00. The van der Waals surface area contributed by atoms with Crippen molar-refractivity contribution in [3.8, 4) is 0 Å². The number of nitrogens with zero attached hydrogens (tertiary/aromatic N) is 1. The zero-order valence-corrected chi connectivity index (χ0v) is 14.7. The van der Waals surface area contributed by atoms with Gasteiger partial charge in [-0.2, -0.15) is 0 Å². The van der Waals surface area contributed by atoms with E-state index in [1.807, 2.05) is 22.6 Å². The van der Waals surface area contributed by atoms with Crippen LogP contribution in [-0.2, 0) is 24.6 Å². The number of esters is 2. The van der Waals surface area contributed by atoms with E-state index in [-0.39, 0.29) is 11.6 Å². The Hall–Kier alpha value is -0.740. The summed E-state index contributed by atoms with van der Waals surface area (Å²) in [5.41, 5.74) is 3.21. The predicted molar refractivity (Wildman–Crippen MR) is 83.2 cm³/mol. The Bertz CT molecular complexity index is 512. The van der Waals surface area contributed by atoms with Crippen LogP contribution in [0, 0.1) is 2.88 Å². The number of hydrogen-bond acceptors (Lipinski definition) is 7. The second kappa shape index (κ2) is 6.35. The molecule has 0 bridgehead atoms. The van der Waals surface area contributed by atoms with Gasteiger partial charge in [0.15, 0.2) is 0 Å². The Labute approximate surface area is 135 Å². The van der Waals surface area contributed by atoms with Crippen molar-refractivity contribution in [1.29, 1.82) is 0 Å². The van der Waals surface area contributed by atoms with Gasteiger partial charge in [0.05, 0.1) is 15.7 Å². The van der Waals surface area contributed by atoms with E-state index < -0.39 is 23.1 Å². The molecule has 0 aliphatic rings. The van der Waals surface area contributed by atoms with Gasteiger partial charge in [0.1, 0.15) is 10.6 Å². The molecule has 0 aliphatic heterocycles. The van der Waals surface area contributed by atoms with Gasteiger partial charge in [-0.15, -0.1) is 11.3 Å². The van der Waals surface area contributed by atoms with E-state index in [9.17, 15) is 9.59 Å². The van der Waals surface area contributed by atoms with Crippen molar-refractivity contribution in [2.24, 2.45) is 5.73 Å². The number of halogens is 1. The van der Waals surface area contributed by atoms with E-state index in [1.54, 1.807) is 27.7 Å². The molecule has 0 saturated carbocycles. The lowest BCUT2D eigenvalue weighted by Crippen LogP contribution is -2.55. The molecule has 0 spiro atoms. The van der Waals surface area contributed by atoms with Crippen LogP contribution in [0.3, 0.4) is 0 Å². The summed E-state index contributed by atoms with van der Waals surface area (Å²) in [6, 6.07) is 0. The van der Waals surface area contributed by atoms with E-state index in [2.05, 4.69) is 4.98 Å². The number of thiazole rings is 1. The molecule has 1 rings (SSSR count). The quantitative estimate of drug-likeness (QED) is 0.461. The molecule has 0 aliphatic carbocycles. The molecule has 112 valence electrons. The average Bonchev–Trinajstić information content (AvgIpc) is 2.73. The van der Waals surface area contributed by atoms with Crippen molar-refractivity contribution in [2.45, 2.75) is 38.8 Å². The van der Waals surface area contributed by atoms with E-state index in [1.165, 1.54) is 6.20 Å². The summed E-state index contributed by atoms with van der Waals surface area (Å²) in [4.78, 5) is 28.5. The summed E-state index contributed by atoms with van der Waals surface area (Å²) in [7, 11) is 0. The summed E-state index contributed by atoms with van der Waals surface area (Å²) >= 11 is 3.19. The smallest absolute Gasteiger partial charge is 0.345 e. The SMILES string of the molecule is CCOC(=O)C(N)(C(=O)OC(C)(C)C)c1ncc(I)s1. The molecule has 0 amide bonds. The minimum absolute atomic E-state index is 0.114. The van der Waals surface area contributed by atoms with Crippen LogP contribution in [0.15, 0.2) is 6.20 Å². The van der Waals surface area contributed by atoms with Gasteiger partial charge in [-0.05, 0) is 50.3 Å². The van der Waals surface area contributed by atoms with Gasteiger partial charge in [0, 0.05) is 0 Å². The maximum Gasteiger partial charge on any atom is 0.345 e.